The van der Waals surface area contributed by atoms with Crippen molar-refractivity contribution in [3.8, 4) is 0 Å². The van der Waals surface area contributed by atoms with Crippen molar-refractivity contribution >= 4 is 35.0 Å². The summed E-state index contributed by atoms with van der Waals surface area (Å²) in [5.41, 5.74) is 2.80. The number of fused-ring (bicyclic) bond motifs is 1. The molecule has 1 aromatic heterocycles. The molecule has 1 fully saturated rings. The summed E-state index contributed by atoms with van der Waals surface area (Å²) in [6.07, 6.45) is 1.27. The Morgan fingerprint density at radius 3 is 2.88 bits per heavy atom. The van der Waals surface area contributed by atoms with Gasteiger partial charge in [-0.05, 0) is 42.8 Å². The topological polar surface area (TPSA) is 49.9 Å². The number of para-hydroxylation sites is 2. The number of H-pyrrole nitrogens is 1. The maximum absolute atomic E-state index is 13.8. The standard InChI is InChI=1S/C19H19ClFN3O.ClH/c20-14-6-5-12(9-15(14)21)18-7-8-22-11-13(25-18)10-19-23-16-3-1-2-4-17(16)24-19;/h1-6,9,13,18,22H,7-8,10-11H2,(H,23,24);1H/t13?,18-;/m1./s1. The first-order chi connectivity index (χ1) is 12.2. The molecule has 7 heteroatoms. The van der Waals surface area contributed by atoms with E-state index in [9.17, 15) is 4.39 Å². The lowest BCUT2D eigenvalue weighted by atomic mass is 10.1. The average Bonchev–Trinajstić information content (AvgIpc) is 2.87. The fraction of sp³-hybridized carbons (Fsp3) is 0.316. The molecule has 2 aromatic carbocycles. The number of hydrogen-bond donors (Lipinski definition) is 2. The Kier molecular flexibility index (Phi) is 6.14. The van der Waals surface area contributed by atoms with Gasteiger partial charge in [0.1, 0.15) is 11.6 Å². The number of aromatic amines is 1. The SMILES string of the molecule is Cl.Fc1cc([C@H]2CCNCC(Cc3nc4ccccc4[nH]3)O2)ccc1Cl. The molecule has 0 amide bonds. The Balaban J connectivity index is 0.00000196. The molecule has 3 aromatic rings. The molecule has 0 spiro atoms. The summed E-state index contributed by atoms with van der Waals surface area (Å²) in [7, 11) is 0. The van der Waals surface area contributed by atoms with E-state index in [0.717, 1.165) is 41.9 Å². The van der Waals surface area contributed by atoms with Crippen LogP contribution < -0.4 is 5.32 Å². The third-order valence-corrected chi connectivity index (χ3v) is 4.79. The van der Waals surface area contributed by atoms with E-state index in [-0.39, 0.29) is 29.6 Å². The molecule has 138 valence electrons. The van der Waals surface area contributed by atoms with Gasteiger partial charge in [-0.15, -0.1) is 12.4 Å². The average molecular weight is 396 g/mol. The maximum Gasteiger partial charge on any atom is 0.142 e. The Labute approximate surface area is 162 Å². The van der Waals surface area contributed by atoms with Gasteiger partial charge in [0.25, 0.3) is 0 Å². The zero-order valence-electron chi connectivity index (χ0n) is 14.0. The lowest BCUT2D eigenvalue weighted by molar-refractivity contribution is -0.00298. The second kappa shape index (κ2) is 8.35. The lowest BCUT2D eigenvalue weighted by Crippen LogP contribution is -2.28. The van der Waals surface area contributed by atoms with E-state index in [4.69, 9.17) is 16.3 Å². The number of ether oxygens (including phenoxy) is 1. The van der Waals surface area contributed by atoms with Crippen molar-refractivity contribution in [1.82, 2.24) is 15.3 Å². The molecule has 26 heavy (non-hydrogen) atoms. The van der Waals surface area contributed by atoms with Crippen LogP contribution in [0.4, 0.5) is 4.39 Å². The second-order valence-electron chi connectivity index (χ2n) is 6.32. The van der Waals surface area contributed by atoms with Crippen LogP contribution in [0.5, 0.6) is 0 Å². The van der Waals surface area contributed by atoms with Crippen molar-refractivity contribution in [1.29, 1.82) is 0 Å². The minimum Gasteiger partial charge on any atom is -0.368 e. The molecule has 2 heterocycles. The summed E-state index contributed by atoms with van der Waals surface area (Å²) in [4.78, 5) is 7.96. The van der Waals surface area contributed by atoms with Crippen LogP contribution in [0, 0.1) is 5.82 Å². The number of hydrogen-bond acceptors (Lipinski definition) is 3. The molecule has 2 N–H and O–H groups in total. The highest BCUT2D eigenvalue weighted by atomic mass is 35.5. The number of imidazole rings is 1. The zero-order chi connectivity index (χ0) is 17.2. The zero-order valence-corrected chi connectivity index (χ0v) is 15.6. The van der Waals surface area contributed by atoms with Crippen LogP contribution in [0.1, 0.15) is 23.9 Å². The predicted molar refractivity (Wildman–Crippen MR) is 104 cm³/mol. The Morgan fingerprint density at radius 2 is 2.08 bits per heavy atom. The molecular formula is C19H20Cl2FN3O. The summed E-state index contributed by atoms with van der Waals surface area (Å²) < 4.78 is 20.0. The molecule has 1 saturated heterocycles. The van der Waals surface area contributed by atoms with Gasteiger partial charge in [-0.1, -0.05) is 29.8 Å². The number of nitrogens with zero attached hydrogens (tertiary/aromatic N) is 1. The van der Waals surface area contributed by atoms with E-state index in [2.05, 4.69) is 15.3 Å². The number of halogens is 3. The predicted octanol–water partition coefficient (Wildman–Crippen LogP) is 4.44. The van der Waals surface area contributed by atoms with Crippen LogP contribution in [-0.4, -0.2) is 29.2 Å². The largest absolute Gasteiger partial charge is 0.368 e. The van der Waals surface area contributed by atoms with Crippen LogP contribution in [0.2, 0.25) is 5.02 Å². The number of aromatic nitrogens is 2. The molecule has 4 rings (SSSR count). The van der Waals surface area contributed by atoms with Gasteiger partial charge in [0, 0.05) is 13.0 Å². The summed E-state index contributed by atoms with van der Waals surface area (Å²) >= 11 is 5.79. The first-order valence-corrected chi connectivity index (χ1v) is 8.81. The highest BCUT2D eigenvalue weighted by Crippen LogP contribution is 2.28. The van der Waals surface area contributed by atoms with Crippen molar-refractivity contribution in [3.63, 3.8) is 0 Å². The summed E-state index contributed by atoms with van der Waals surface area (Å²) in [6, 6.07) is 12.8. The number of rotatable bonds is 3. The Bertz CT molecular complexity index is 853. The minimum atomic E-state index is -0.409. The van der Waals surface area contributed by atoms with Gasteiger partial charge < -0.3 is 15.0 Å². The molecule has 2 atom stereocenters. The Morgan fingerprint density at radius 1 is 1.23 bits per heavy atom. The molecule has 0 aliphatic carbocycles. The fourth-order valence-corrected chi connectivity index (χ4v) is 3.36. The summed E-state index contributed by atoms with van der Waals surface area (Å²) in [5, 5.41) is 3.52. The van der Waals surface area contributed by atoms with Crippen LogP contribution in [-0.2, 0) is 11.2 Å². The third kappa shape index (κ3) is 4.18. The van der Waals surface area contributed by atoms with Crippen molar-refractivity contribution in [3.05, 3.63) is 64.7 Å². The molecule has 1 aliphatic heterocycles. The van der Waals surface area contributed by atoms with E-state index < -0.39 is 5.82 Å². The van der Waals surface area contributed by atoms with Crippen LogP contribution in [0.15, 0.2) is 42.5 Å². The molecule has 0 bridgehead atoms. The maximum atomic E-state index is 13.8. The van der Waals surface area contributed by atoms with Crippen LogP contribution >= 0.6 is 24.0 Å². The molecule has 0 saturated carbocycles. The van der Waals surface area contributed by atoms with Crippen LogP contribution in [0.25, 0.3) is 11.0 Å². The molecule has 1 aliphatic rings. The molecule has 1 unspecified atom stereocenters. The van der Waals surface area contributed by atoms with Crippen molar-refractivity contribution in [2.45, 2.75) is 25.0 Å². The van der Waals surface area contributed by atoms with Crippen molar-refractivity contribution < 1.29 is 9.13 Å². The van der Waals surface area contributed by atoms with Gasteiger partial charge in [-0.25, -0.2) is 9.37 Å². The number of benzene rings is 2. The normalized spacial score (nSPS) is 20.5. The van der Waals surface area contributed by atoms with E-state index in [1.807, 2.05) is 30.3 Å². The molecule has 0 radical (unpaired) electrons. The van der Waals surface area contributed by atoms with Gasteiger partial charge in [0.15, 0.2) is 0 Å². The molecular weight excluding hydrogens is 376 g/mol. The van der Waals surface area contributed by atoms with Gasteiger partial charge in [-0.2, -0.15) is 0 Å². The smallest absolute Gasteiger partial charge is 0.142 e. The lowest BCUT2D eigenvalue weighted by Gasteiger charge is -2.21. The van der Waals surface area contributed by atoms with Crippen molar-refractivity contribution in [2.75, 3.05) is 13.1 Å². The van der Waals surface area contributed by atoms with Crippen molar-refractivity contribution in [2.24, 2.45) is 0 Å². The summed E-state index contributed by atoms with van der Waals surface area (Å²) in [5.74, 6) is 0.491. The first-order valence-electron chi connectivity index (χ1n) is 8.44. The van der Waals surface area contributed by atoms with E-state index in [1.165, 1.54) is 6.07 Å². The van der Waals surface area contributed by atoms with Gasteiger partial charge in [0.2, 0.25) is 0 Å². The van der Waals surface area contributed by atoms with Gasteiger partial charge >= 0.3 is 0 Å². The molecule has 4 nitrogen and oxygen atoms in total. The minimum absolute atomic E-state index is 0. The summed E-state index contributed by atoms with van der Waals surface area (Å²) in [6.45, 7) is 1.56. The Hall–Kier alpha value is -1.66. The third-order valence-electron chi connectivity index (χ3n) is 4.49. The number of nitrogens with one attached hydrogen (secondary N) is 2. The quantitative estimate of drug-likeness (QED) is 0.688. The van der Waals surface area contributed by atoms with Crippen LogP contribution in [0.3, 0.4) is 0 Å². The van der Waals surface area contributed by atoms with Gasteiger partial charge in [0.05, 0.1) is 28.3 Å². The highest BCUT2D eigenvalue weighted by Gasteiger charge is 2.23. The van der Waals surface area contributed by atoms with E-state index >= 15 is 0 Å². The second-order valence-corrected chi connectivity index (χ2v) is 6.73. The van der Waals surface area contributed by atoms with E-state index in [1.54, 1.807) is 6.07 Å². The highest BCUT2D eigenvalue weighted by molar-refractivity contribution is 6.30. The monoisotopic (exact) mass is 395 g/mol. The van der Waals surface area contributed by atoms with E-state index in [0.29, 0.717) is 6.42 Å². The fourth-order valence-electron chi connectivity index (χ4n) is 3.24. The first kappa shape index (κ1) is 19.1. The van der Waals surface area contributed by atoms with Gasteiger partial charge in [-0.3, -0.25) is 0 Å².